The van der Waals surface area contributed by atoms with E-state index in [2.05, 4.69) is 26.5 Å². The van der Waals surface area contributed by atoms with Crippen molar-refractivity contribution in [2.45, 2.75) is 20.3 Å². The van der Waals surface area contributed by atoms with Crippen LogP contribution in [0.15, 0.2) is 29.0 Å². The van der Waals surface area contributed by atoms with Crippen LogP contribution in [0.4, 0.5) is 17.2 Å². The van der Waals surface area contributed by atoms with Crippen LogP contribution in [0.5, 0.6) is 0 Å². The number of amides is 1. The number of anilines is 3. The summed E-state index contributed by atoms with van der Waals surface area (Å²) in [4.78, 5) is 21.8. The van der Waals surface area contributed by atoms with Crippen LogP contribution in [-0.2, 0) is 11.2 Å². The molecule has 23 heavy (non-hydrogen) atoms. The topological polar surface area (TPSA) is 84.2 Å². The van der Waals surface area contributed by atoms with E-state index >= 15 is 0 Å². The van der Waals surface area contributed by atoms with Gasteiger partial charge >= 0.3 is 0 Å². The molecule has 0 saturated carbocycles. The maximum atomic E-state index is 11.6. The zero-order valence-corrected chi connectivity index (χ0v) is 12.8. The second-order valence-electron chi connectivity index (χ2n) is 5.56. The third-order valence-corrected chi connectivity index (χ3v) is 4.06. The van der Waals surface area contributed by atoms with Crippen molar-refractivity contribution >= 4 is 34.2 Å². The van der Waals surface area contributed by atoms with E-state index in [1.807, 2.05) is 19.1 Å². The lowest BCUT2D eigenvalue weighted by Gasteiger charge is -2.15. The molecule has 4 rings (SSSR count). The maximum absolute atomic E-state index is 11.6. The molecule has 7 nitrogen and oxygen atoms in total. The fourth-order valence-electron chi connectivity index (χ4n) is 2.96. The number of aromatic nitrogens is 3. The molecule has 3 heterocycles. The lowest BCUT2D eigenvalue weighted by atomic mass is 10.1. The Morgan fingerprint density at radius 1 is 1.35 bits per heavy atom. The highest BCUT2D eigenvalue weighted by atomic mass is 16.5. The summed E-state index contributed by atoms with van der Waals surface area (Å²) in [6.45, 7) is 4.18. The van der Waals surface area contributed by atoms with E-state index in [9.17, 15) is 4.79 Å². The molecule has 0 bridgehead atoms. The Morgan fingerprint density at radius 3 is 3.04 bits per heavy atom. The molecule has 1 aliphatic rings. The Labute approximate surface area is 132 Å². The highest BCUT2D eigenvalue weighted by Crippen LogP contribution is 2.32. The van der Waals surface area contributed by atoms with E-state index in [-0.39, 0.29) is 5.91 Å². The van der Waals surface area contributed by atoms with E-state index in [1.54, 1.807) is 11.8 Å². The highest BCUT2D eigenvalue weighted by Gasteiger charge is 2.22. The van der Waals surface area contributed by atoms with E-state index in [0.29, 0.717) is 11.5 Å². The van der Waals surface area contributed by atoms with Crippen LogP contribution >= 0.6 is 0 Å². The SMILES string of the molecule is CC(=O)N1CCc2cc(Nc3ncnc4onc(C)c34)ccc21. The van der Waals surface area contributed by atoms with Gasteiger partial charge in [0.25, 0.3) is 5.71 Å². The molecule has 0 radical (unpaired) electrons. The quantitative estimate of drug-likeness (QED) is 0.783. The van der Waals surface area contributed by atoms with Gasteiger partial charge in [-0.05, 0) is 37.1 Å². The number of hydrogen-bond donors (Lipinski definition) is 1. The summed E-state index contributed by atoms with van der Waals surface area (Å²) in [6, 6.07) is 5.96. The first-order chi connectivity index (χ1) is 11.1. The predicted octanol–water partition coefficient (Wildman–Crippen LogP) is 2.58. The lowest BCUT2D eigenvalue weighted by molar-refractivity contribution is -0.116. The molecule has 116 valence electrons. The summed E-state index contributed by atoms with van der Waals surface area (Å²) in [5.41, 5.74) is 4.25. The monoisotopic (exact) mass is 309 g/mol. The number of fused-ring (bicyclic) bond motifs is 2. The molecule has 1 amide bonds. The maximum Gasteiger partial charge on any atom is 0.263 e. The van der Waals surface area contributed by atoms with Crippen molar-refractivity contribution in [1.82, 2.24) is 15.1 Å². The summed E-state index contributed by atoms with van der Waals surface area (Å²) < 4.78 is 5.16. The molecule has 2 aromatic heterocycles. The van der Waals surface area contributed by atoms with Gasteiger partial charge in [-0.2, -0.15) is 4.98 Å². The van der Waals surface area contributed by atoms with E-state index in [0.717, 1.165) is 41.0 Å². The summed E-state index contributed by atoms with van der Waals surface area (Å²) in [5.74, 6) is 0.734. The number of nitrogens with one attached hydrogen (secondary N) is 1. The normalized spacial score (nSPS) is 13.4. The van der Waals surface area contributed by atoms with Gasteiger partial charge in [-0.25, -0.2) is 4.98 Å². The Kier molecular flexibility index (Phi) is 3.00. The average molecular weight is 309 g/mol. The van der Waals surface area contributed by atoms with Crippen LogP contribution in [0.1, 0.15) is 18.2 Å². The highest BCUT2D eigenvalue weighted by molar-refractivity contribution is 5.94. The van der Waals surface area contributed by atoms with Crippen molar-refractivity contribution in [3.8, 4) is 0 Å². The van der Waals surface area contributed by atoms with Crippen LogP contribution in [0, 0.1) is 6.92 Å². The molecular formula is C16H15N5O2. The summed E-state index contributed by atoms with van der Waals surface area (Å²) >= 11 is 0. The first kappa shape index (κ1) is 13.7. The smallest absolute Gasteiger partial charge is 0.263 e. The third-order valence-electron chi connectivity index (χ3n) is 4.06. The fraction of sp³-hybridized carbons (Fsp3) is 0.250. The molecule has 1 aromatic carbocycles. The fourth-order valence-corrected chi connectivity index (χ4v) is 2.96. The lowest BCUT2D eigenvalue weighted by Crippen LogP contribution is -2.25. The number of rotatable bonds is 2. The number of hydrogen-bond acceptors (Lipinski definition) is 6. The summed E-state index contributed by atoms with van der Waals surface area (Å²) in [7, 11) is 0. The van der Waals surface area contributed by atoms with Crippen LogP contribution in [-0.4, -0.2) is 27.6 Å². The zero-order valence-electron chi connectivity index (χ0n) is 12.8. The molecule has 1 aliphatic heterocycles. The van der Waals surface area contributed by atoms with Crippen molar-refractivity contribution in [3.05, 3.63) is 35.8 Å². The second kappa shape index (κ2) is 5.05. The van der Waals surface area contributed by atoms with Gasteiger partial charge < -0.3 is 14.7 Å². The third kappa shape index (κ3) is 2.21. The molecule has 0 aliphatic carbocycles. The zero-order chi connectivity index (χ0) is 16.0. The van der Waals surface area contributed by atoms with Gasteiger partial charge in [0.2, 0.25) is 5.91 Å². The van der Waals surface area contributed by atoms with Gasteiger partial charge in [0.15, 0.2) is 0 Å². The molecule has 0 spiro atoms. The molecule has 0 fully saturated rings. The first-order valence-corrected chi connectivity index (χ1v) is 7.38. The van der Waals surface area contributed by atoms with Gasteiger partial charge in [-0.1, -0.05) is 5.16 Å². The first-order valence-electron chi connectivity index (χ1n) is 7.38. The van der Waals surface area contributed by atoms with Gasteiger partial charge in [0, 0.05) is 24.8 Å². The Balaban J connectivity index is 1.70. The largest absolute Gasteiger partial charge is 0.339 e. The molecule has 0 unspecified atom stereocenters. The van der Waals surface area contributed by atoms with Crippen LogP contribution in [0.25, 0.3) is 11.1 Å². The van der Waals surface area contributed by atoms with E-state index < -0.39 is 0 Å². The molecule has 1 N–H and O–H groups in total. The Morgan fingerprint density at radius 2 is 2.22 bits per heavy atom. The number of carbonyl (C=O) groups excluding carboxylic acids is 1. The standard InChI is InChI=1S/C16H15N5O2/c1-9-14-15(17-8-18-16(14)23-20-9)19-12-3-4-13-11(7-12)5-6-21(13)10(2)22/h3-4,7-8H,5-6H2,1-2H3,(H,17,18,19). The number of benzene rings is 1. The molecular weight excluding hydrogens is 294 g/mol. The van der Waals surface area contributed by atoms with E-state index in [1.165, 1.54) is 6.33 Å². The van der Waals surface area contributed by atoms with Gasteiger partial charge in [-0.3, -0.25) is 4.79 Å². The van der Waals surface area contributed by atoms with Gasteiger partial charge in [0.1, 0.15) is 17.5 Å². The second-order valence-corrected chi connectivity index (χ2v) is 5.56. The van der Waals surface area contributed by atoms with Crippen molar-refractivity contribution < 1.29 is 9.32 Å². The number of carbonyl (C=O) groups is 1. The molecule has 7 heteroatoms. The van der Waals surface area contributed by atoms with Gasteiger partial charge in [0.05, 0.1) is 5.69 Å². The average Bonchev–Trinajstić information content (AvgIpc) is 3.12. The summed E-state index contributed by atoms with van der Waals surface area (Å²) in [5, 5.41) is 7.99. The number of nitrogens with zero attached hydrogens (tertiary/aromatic N) is 4. The minimum atomic E-state index is 0.0714. The van der Waals surface area contributed by atoms with Crippen molar-refractivity contribution in [3.63, 3.8) is 0 Å². The van der Waals surface area contributed by atoms with E-state index in [4.69, 9.17) is 4.52 Å². The van der Waals surface area contributed by atoms with Crippen molar-refractivity contribution in [1.29, 1.82) is 0 Å². The Bertz CT molecular complexity index is 918. The summed E-state index contributed by atoms with van der Waals surface area (Å²) in [6.07, 6.45) is 2.30. The molecule has 0 atom stereocenters. The van der Waals surface area contributed by atoms with Crippen molar-refractivity contribution in [2.75, 3.05) is 16.8 Å². The van der Waals surface area contributed by atoms with Crippen LogP contribution in [0.2, 0.25) is 0 Å². The van der Waals surface area contributed by atoms with Crippen LogP contribution in [0.3, 0.4) is 0 Å². The van der Waals surface area contributed by atoms with Crippen molar-refractivity contribution in [2.24, 2.45) is 0 Å². The predicted molar refractivity (Wildman–Crippen MR) is 85.8 cm³/mol. The minimum Gasteiger partial charge on any atom is -0.339 e. The Hall–Kier alpha value is -2.96. The van der Waals surface area contributed by atoms with Crippen LogP contribution < -0.4 is 10.2 Å². The number of aryl methyl sites for hydroxylation is 1. The minimum absolute atomic E-state index is 0.0714. The van der Waals surface area contributed by atoms with Gasteiger partial charge in [-0.15, -0.1) is 0 Å². The molecule has 3 aromatic rings. The molecule has 0 saturated heterocycles.